The standard InChI is InChI=1S/C37H43N7O7/c1-21-30(38-20-29(39-21)42-13-15-49-16-14-42)40-31-24-11-9-22(17-28(24)44(41-31)34(47)51-36(5,6)7)26-19-37(26)25-18-23(48-8)10-12-27(25)43(32(37)45)33(46)50-35(2,3)4/h9-12,17-18,20,26H,13-16,19H2,1-8H3,(H,38,40,41)/t26-,37-/m0/s1. The van der Waals surface area contributed by atoms with Crippen molar-refractivity contribution in [3.63, 3.8) is 0 Å². The number of aromatic nitrogens is 4. The van der Waals surface area contributed by atoms with Crippen LogP contribution in [0.15, 0.2) is 42.6 Å². The average Bonchev–Trinajstić information content (AvgIpc) is 3.65. The molecule has 1 N–H and O–H groups in total. The third-order valence-corrected chi connectivity index (χ3v) is 9.23. The maximum Gasteiger partial charge on any atom is 0.435 e. The largest absolute Gasteiger partial charge is 0.497 e. The molecule has 4 heterocycles. The number of aryl methyl sites for hydroxylation is 1. The number of hydrogen-bond acceptors (Lipinski definition) is 12. The van der Waals surface area contributed by atoms with Gasteiger partial charge in [0.25, 0.3) is 0 Å². The first-order valence-electron chi connectivity index (χ1n) is 17.0. The monoisotopic (exact) mass is 697 g/mol. The highest BCUT2D eigenvalue weighted by atomic mass is 16.6. The molecule has 2 aliphatic heterocycles. The van der Waals surface area contributed by atoms with E-state index >= 15 is 0 Å². The Morgan fingerprint density at radius 1 is 0.961 bits per heavy atom. The van der Waals surface area contributed by atoms with Gasteiger partial charge in [0.2, 0.25) is 5.91 Å². The number of nitrogens with zero attached hydrogens (tertiary/aromatic N) is 6. The van der Waals surface area contributed by atoms with E-state index in [1.807, 2.05) is 31.2 Å². The lowest BCUT2D eigenvalue weighted by molar-refractivity contribution is -0.120. The lowest BCUT2D eigenvalue weighted by Gasteiger charge is -2.27. The molecular formula is C37H43N7O7. The summed E-state index contributed by atoms with van der Waals surface area (Å²) in [5.41, 5.74) is 0.539. The van der Waals surface area contributed by atoms with Crippen molar-refractivity contribution in [2.75, 3.05) is 48.5 Å². The summed E-state index contributed by atoms with van der Waals surface area (Å²) in [5.74, 6) is 1.57. The van der Waals surface area contributed by atoms with Crippen LogP contribution in [0.1, 0.15) is 70.7 Å². The molecule has 14 nitrogen and oxygen atoms in total. The summed E-state index contributed by atoms with van der Waals surface area (Å²) in [6.45, 7) is 15.3. The molecule has 2 aromatic heterocycles. The van der Waals surface area contributed by atoms with Crippen molar-refractivity contribution in [2.24, 2.45) is 0 Å². The predicted molar refractivity (Wildman–Crippen MR) is 190 cm³/mol. The van der Waals surface area contributed by atoms with Crippen molar-refractivity contribution >= 4 is 52.1 Å². The lowest BCUT2D eigenvalue weighted by Crippen LogP contribution is -2.41. The van der Waals surface area contributed by atoms with Gasteiger partial charge >= 0.3 is 12.2 Å². The third-order valence-electron chi connectivity index (χ3n) is 9.23. The van der Waals surface area contributed by atoms with Gasteiger partial charge in [-0.2, -0.15) is 4.68 Å². The normalized spacial score (nSPS) is 20.1. The first-order chi connectivity index (χ1) is 24.1. The molecule has 0 radical (unpaired) electrons. The molecule has 2 fully saturated rings. The van der Waals surface area contributed by atoms with E-state index in [9.17, 15) is 14.4 Å². The van der Waals surface area contributed by atoms with Crippen molar-refractivity contribution < 1.29 is 33.3 Å². The number of nitrogens with one attached hydrogen (secondary N) is 1. The molecule has 268 valence electrons. The van der Waals surface area contributed by atoms with Gasteiger partial charge in [0.05, 0.1) is 48.8 Å². The van der Waals surface area contributed by atoms with Gasteiger partial charge in [0.1, 0.15) is 22.8 Å². The first-order valence-corrected chi connectivity index (χ1v) is 17.0. The highest BCUT2D eigenvalue weighted by Gasteiger charge is 2.68. The quantitative estimate of drug-likeness (QED) is 0.252. The average molecular weight is 698 g/mol. The van der Waals surface area contributed by atoms with E-state index in [1.54, 1.807) is 67.0 Å². The highest BCUT2D eigenvalue weighted by molar-refractivity contribution is 6.23. The molecule has 0 unspecified atom stereocenters. The van der Waals surface area contributed by atoms with Crippen LogP contribution in [0.25, 0.3) is 10.9 Å². The van der Waals surface area contributed by atoms with Crippen molar-refractivity contribution in [2.45, 2.75) is 77.4 Å². The summed E-state index contributed by atoms with van der Waals surface area (Å²) in [6.07, 6.45) is 0.778. The van der Waals surface area contributed by atoms with Gasteiger partial charge in [0, 0.05) is 24.4 Å². The zero-order valence-corrected chi connectivity index (χ0v) is 30.2. The van der Waals surface area contributed by atoms with Crippen LogP contribution in [0.5, 0.6) is 5.75 Å². The van der Waals surface area contributed by atoms with E-state index < -0.39 is 28.8 Å². The number of carbonyl (C=O) groups is 3. The molecule has 1 spiro atoms. The van der Waals surface area contributed by atoms with Crippen molar-refractivity contribution in [1.82, 2.24) is 19.7 Å². The minimum absolute atomic E-state index is 0.299. The number of rotatable bonds is 5. The Balaban J connectivity index is 1.26. The van der Waals surface area contributed by atoms with E-state index in [-0.39, 0.29) is 11.8 Å². The fourth-order valence-electron chi connectivity index (χ4n) is 6.84. The predicted octanol–water partition coefficient (Wildman–Crippen LogP) is 6.21. The topological polar surface area (TPSA) is 150 Å². The van der Waals surface area contributed by atoms with Gasteiger partial charge in [-0.05, 0) is 96.3 Å². The van der Waals surface area contributed by atoms with Gasteiger partial charge in [-0.3, -0.25) is 4.79 Å². The van der Waals surface area contributed by atoms with Crippen LogP contribution in [-0.2, 0) is 24.4 Å². The summed E-state index contributed by atoms with van der Waals surface area (Å²) in [4.78, 5) is 53.9. The molecule has 4 aromatic rings. The van der Waals surface area contributed by atoms with Crippen LogP contribution >= 0.6 is 0 Å². The maximum absolute atomic E-state index is 14.3. The van der Waals surface area contributed by atoms with Gasteiger partial charge < -0.3 is 29.2 Å². The molecule has 7 rings (SSSR count). The Bertz CT molecular complexity index is 2060. The Labute approximate surface area is 296 Å². The van der Waals surface area contributed by atoms with Crippen LogP contribution in [0.4, 0.5) is 32.7 Å². The van der Waals surface area contributed by atoms with Crippen molar-refractivity contribution in [3.8, 4) is 5.75 Å². The fraction of sp³-hybridized carbons (Fsp3) is 0.459. The van der Waals surface area contributed by atoms with Gasteiger partial charge in [-0.15, -0.1) is 5.10 Å². The number of imide groups is 1. The number of benzene rings is 2. The molecular weight excluding hydrogens is 654 g/mol. The van der Waals surface area contributed by atoms with Crippen LogP contribution in [0.3, 0.4) is 0 Å². The number of hydrogen-bond donors (Lipinski definition) is 1. The summed E-state index contributed by atoms with van der Waals surface area (Å²) < 4.78 is 23.6. The number of methoxy groups -OCH3 is 1. The number of carbonyl (C=O) groups excluding carboxylic acids is 3. The second kappa shape index (κ2) is 12.2. The number of fused-ring (bicyclic) bond motifs is 3. The lowest BCUT2D eigenvalue weighted by atomic mass is 9.91. The Kier molecular flexibility index (Phi) is 8.20. The molecule has 3 aliphatic rings. The van der Waals surface area contributed by atoms with Gasteiger partial charge in [-0.1, -0.05) is 6.07 Å². The van der Waals surface area contributed by atoms with E-state index in [1.165, 1.54) is 4.68 Å². The maximum atomic E-state index is 14.3. The molecule has 0 bridgehead atoms. The van der Waals surface area contributed by atoms with Gasteiger partial charge in [-0.25, -0.2) is 24.5 Å². The number of amides is 2. The Morgan fingerprint density at radius 3 is 2.33 bits per heavy atom. The van der Waals surface area contributed by atoms with Crippen LogP contribution < -0.4 is 19.9 Å². The molecule has 2 atom stereocenters. The van der Waals surface area contributed by atoms with E-state index in [2.05, 4.69) is 20.3 Å². The molecule has 14 heteroatoms. The minimum Gasteiger partial charge on any atom is -0.497 e. The SMILES string of the molecule is COc1ccc2c(c1)[C@]1(C[C@H]1c1ccc3c(Nc4ncc(N5CCOCC5)nc4C)nn(C(=O)OC(C)(C)C)c3c1)C(=O)N2C(=O)OC(C)(C)C. The number of anilines is 4. The third kappa shape index (κ3) is 6.21. The second-order valence-corrected chi connectivity index (χ2v) is 15.1. The zero-order chi connectivity index (χ0) is 36.5. The van der Waals surface area contributed by atoms with Crippen LogP contribution in [0, 0.1) is 6.92 Å². The summed E-state index contributed by atoms with van der Waals surface area (Å²) in [5, 5.41) is 8.59. The summed E-state index contributed by atoms with van der Waals surface area (Å²) >= 11 is 0. The van der Waals surface area contributed by atoms with Crippen molar-refractivity contribution in [1.29, 1.82) is 0 Å². The Hall–Kier alpha value is -5.24. The van der Waals surface area contributed by atoms with Crippen LogP contribution in [0.2, 0.25) is 0 Å². The molecule has 1 aliphatic carbocycles. The smallest absolute Gasteiger partial charge is 0.435 e. The first kappa shape index (κ1) is 34.2. The molecule has 1 saturated carbocycles. The molecule has 2 aromatic carbocycles. The second-order valence-electron chi connectivity index (χ2n) is 15.1. The van der Waals surface area contributed by atoms with E-state index in [4.69, 9.17) is 23.9 Å². The number of morpholine rings is 1. The van der Waals surface area contributed by atoms with Crippen molar-refractivity contribution in [3.05, 3.63) is 59.4 Å². The van der Waals surface area contributed by atoms with Crippen LogP contribution in [-0.4, -0.2) is 82.5 Å². The minimum atomic E-state index is -1.01. The molecule has 51 heavy (non-hydrogen) atoms. The molecule has 2 amide bonds. The highest BCUT2D eigenvalue weighted by Crippen LogP contribution is 2.67. The summed E-state index contributed by atoms with van der Waals surface area (Å²) in [6, 6.07) is 10.9. The van der Waals surface area contributed by atoms with Gasteiger partial charge in [0.15, 0.2) is 11.6 Å². The summed E-state index contributed by atoms with van der Waals surface area (Å²) in [7, 11) is 1.56. The number of ether oxygens (including phenoxy) is 4. The van der Waals surface area contributed by atoms with E-state index in [0.717, 1.165) is 29.4 Å². The fourth-order valence-corrected chi connectivity index (χ4v) is 6.84. The Morgan fingerprint density at radius 2 is 1.67 bits per heavy atom. The molecule has 1 saturated heterocycles. The van der Waals surface area contributed by atoms with E-state index in [0.29, 0.717) is 64.9 Å². The zero-order valence-electron chi connectivity index (χ0n) is 30.2.